The highest BCUT2D eigenvalue weighted by molar-refractivity contribution is 9.10. The van der Waals surface area contributed by atoms with E-state index in [2.05, 4.69) is 71.4 Å². The van der Waals surface area contributed by atoms with Gasteiger partial charge in [-0.3, -0.25) is 0 Å². The van der Waals surface area contributed by atoms with Gasteiger partial charge in [-0.1, -0.05) is 58.4 Å². The van der Waals surface area contributed by atoms with Crippen LogP contribution >= 0.6 is 15.9 Å². The zero-order valence-corrected chi connectivity index (χ0v) is 11.1. The van der Waals surface area contributed by atoms with E-state index in [1.807, 2.05) is 0 Å². The van der Waals surface area contributed by atoms with Crippen LogP contribution in [-0.4, -0.2) is 5.48 Å². The molecule has 0 amide bonds. The van der Waals surface area contributed by atoms with Crippen LogP contribution in [0.5, 0.6) is 0 Å². The predicted molar refractivity (Wildman–Crippen MR) is 77.5 cm³/mol. The molecule has 0 heterocycles. The Morgan fingerprint density at radius 3 is 2.29 bits per heavy atom. The maximum atomic E-state index is 3.58. The SMILES string of the molecule is Cc1c(Br)ccc2c1ccc1ccccc12.O. The lowest BCUT2D eigenvalue weighted by Gasteiger charge is -2.07. The van der Waals surface area contributed by atoms with Gasteiger partial charge in [0, 0.05) is 4.47 Å². The zero-order chi connectivity index (χ0) is 11.1. The van der Waals surface area contributed by atoms with E-state index in [0.29, 0.717) is 0 Å². The van der Waals surface area contributed by atoms with E-state index in [1.165, 1.54) is 31.6 Å². The third-order valence-corrected chi connectivity index (χ3v) is 3.99. The summed E-state index contributed by atoms with van der Waals surface area (Å²) in [5.74, 6) is 0. The first kappa shape index (κ1) is 12.1. The second-order valence-electron chi connectivity index (χ2n) is 4.05. The average Bonchev–Trinajstić information content (AvgIpc) is 2.33. The molecule has 0 saturated heterocycles. The van der Waals surface area contributed by atoms with Gasteiger partial charge < -0.3 is 5.48 Å². The Kier molecular flexibility index (Phi) is 3.18. The lowest BCUT2D eigenvalue weighted by Crippen LogP contribution is -1.82. The first-order valence-electron chi connectivity index (χ1n) is 5.34. The van der Waals surface area contributed by atoms with Gasteiger partial charge in [-0.05, 0) is 40.1 Å². The molecule has 0 aromatic heterocycles. The minimum absolute atomic E-state index is 0. The van der Waals surface area contributed by atoms with Crippen molar-refractivity contribution in [2.45, 2.75) is 6.92 Å². The third-order valence-electron chi connectivity index (χ3n) is 3.13. The van der Waals surface area contributed by atoms with Crippen LogP contribution in [0.25, 0.3) is 21.5 Å². The van der Waals surface area contributed by atoms with Crippen LogP contribution in [0.2, 0.25) is 0 Å². The molecule has 0 aliphatic heterocycles. The average molecular weight is 289 g/mol. The minimum Gasteiger partial charge on any atom is -0.412 e. The Labute approximate surface area is 109 Å². The molecule has 0 spiro atoms. The predicted octanol–water partition coefficient (Wildman–Crippen LogP) is 4.24. The molecule has 0 saturated carbocycles. The van der Waals surface area contributed by atoms with Gasteiger partial charge in [0.05, 0.1) is 0 Å². The van der Waals surface area contributed by atoms with Crippen molar-refractivity contribution in [2.75, 3.05) is 0 Å². The molecule has 1 nitrogen and oxygen atoms in total. The van der Waals surface area contributed by atoms with Gasteiger partial charge in [0.25, 0.3) is 0 Å². The van der Waals surface area contributed by atoms with E-state index in [-0.39, 0.29) is 5.48 Å². The summed E-state index contributed by atoms with van der Waals surface area (Å²) >= 11 is 3.58. The minimum atomic E-state index is 0. The molecule has 0 unspecified atom stereocenters. The summed E-state index contributed by atoms with van der Waals surface area (Å²) in [5.41, 5.74) is 1.31. The van der Waals surface area contributed by atoms with E-state index in [1.54, 1.807) is 0 Å². The summed E-state index contributed by atoms with van der Waals surface area (Å²) in [4.78, 5) is 0. The van der Waals surface area contributed by atoms with Crippen molar-refractivity contribution < 1.29 is 5.48 Å². The topological polar surface area (TPSA) is 31.5 Å². The number of benzene rings is 3. The molecule has 0 atom stereocenters. The summed E-state index contributed by atoms with van der Waals surface area (Å²) in [5, 5.41) is 5.29. The molecule has 0 aliphatic carbocycles. The molecule has 3 aromatic rings. The lowest BCUT2D eigenvalue weighted by molar-refractivity contribution is 0.824. The number of rotatable bonds is 0. The first-order valence-corrected chi connectivity index (χ1v) is 6.13. The molecule has 0 radical (unpaired) electrons. The number of fused-ring (bicyclic) bond motifs is 3. The van der Waals surface area contributed by atoms with Gasteiger partial charge in [-0.15, -0.1) is 0 Å². The maximum absolute atomic E-state index is 3.58. The first-order chi connectivity index (χ1) is 7.77. The monoisotopic (exact) mass is 288 g/mol. The molecule has 3 aromatic carbocycles. The molecule has 17 heavy (non-hydrogen) atoms. The van der Waals surface area contributed by atoms with Crippen molar-refractivity contribution in [1.82, 2.24) is 0 Å². The van der Waals surface area contributed by atoms with Crippen molar-refractivity contribution in [3.05, 3.63) is 58.6 Å². The summed E-state index contributed by atoms with van der Waals surface area (Å²) in [6.07, 6.45) is 0. The molecular formula is C15H13BrO. The lowest BCUT2D eigenvalue weighted by atomic mass is 9.99. The zero-order valence-electron chi connectivity index (χ0n) is 9.50. The van der Waals surface area contributed by atoms with Gasteiger partial charge in [0.15, 0.2) is 0 Å². The molecule has 2 N–H and O–H groups in total. The maximum Gasteiger partial charge on any atom is 0.0210 e. The summed E-state index contributed by atoms with van der Waals surface area (Å²) < 4.78 is 1.18. The highest BCUT2D eigenvalue weighted by Gasteiger charge is 2.04. The van der Waals surface area contributed by atoms with E-state index < -0.39 is 0 Å². The van der Waals surface area contributed by atoms with Crippen LogP contribution in [0.15, 0.2) is 53.0 Å². The Balaban J connectivity index is 0.00000108. The third kappa shape index (κ3) is 1.84. The second-order valence-corrected chi connectivity index (χ2v) is 4.91. The Hall–Kier alpha value is -1.38. The van der Waals surface area contributed by atoms with Crippen LogP contribution in [0.3, 0.4) is 0 Å². The number of hydrogen-bond acceptors (Lipinski definition) is 0. The van der Waals surface area contributed by atoms with E-state index >= 15 is 0 Å². The van der Waals surface area contributed by atoms with Crippen molar-refractivity contribution >= 4 is 37.5 Å². The van der Waals surface area contributed by atoms with Gasteiger partial charge in [-0.2, -0.15) is 0 Å². The molecular weight excluding hydrogens is 276 g/mol. The van der Waals surface area contributed by atoms with E-state index in [9.17, 15) is 0 Å². The van der Waals surface area contributed by atoms with E-state index in [4.69, 9.17) is 0 Å². The quantitative estimate of drug-likeness (QED) is 0.554. The van der Waals surface area contributed by atoms with Crippen LogP contribution in [0.4, 0.5) is 0 Å². The molecule has 0 aliphatic rings. The van der Waals surface area contributed by atoms with Crippen LogP contribution in [-0.2, 0) is 0 Å². The summed E-state index contributed by atoms with van der Waals surface area (Å²) in [6, 6.07) is 17.2. The van der Waals surface area contributed by atoms with Gasteiger partial charge in [-0.25, -0.2) is 0 Å². The number of hydrogen-bond donors (Lipinski definition) is 0. The Morgan fingerprint density at radius 1 is 0.765 bits per heavy atom. The fraction of sp³-hybridized carbons (Fsp3) is 0.0667. The molecule has 86 valence electrons. The number of aryl methyl sites for hydroxylation is 1. The number of halogens is 1. The second kappa shape index (κ2) is 4.47. The van der Waals surface area contributed by atoms with Gasteiger partial charge in [0.1, 0.15) is 0 Å². The normalized spacial score (nSPS) is 10.5. The highest BCUT2D eigenvalue weighted by atomic mass is 79.9. The molecule has 2 heteroatoms. The van der Waals surface area contributed by atoms with Crippen LogP contribution in [0, 0.1) is 6.92 Å². The Morgan fingerprint density at radius 2 is 1.47 bits per heavy atom. The van der Waals surface area contributed by atoms with Crippen LogP contribution < -0.4 is 0 Å². The molecule has 3 rings (SSSR count). The van der Waals surface area contributed by atoms with Crippen molar-refractivity contribution in [1.29, 1.82) is 0 Å². The van der Waals surface area contributed by atoms with E-state index in [0.717, 1.165) is 0 Å². The molecule has 0 bridgehead atoms. The van der Waals surface area contributed by atoms with Crippen LogP contribution in [0.1, 0.15) is 5.56 Å². The summed E-state index contributed by atoms with van der Waals surface area (Å²) in [6.45, 7) is 2.15. The highest BCUT2D eigenvalue weighted by Crippen LogP contribution is 2.30. The Bertz CT molecular complexity index is 689. The standard InChI is InChI=1S/C15H11Br.H2O/c1-10-12-7-6-11-4-2-3-5-13(11)14(12)8-9-15(10)16;/h2-9H,1H3;1H2. The van der Waals surface area contributed by atoms with Crippen molar-refractivity contribution in [2.24, 2.45) is 0 Å². The van der Waals surface area contributed by atoms with Gasteiger partial charge >= 0.3 is 0 Å². The van der Waals surface area contributed by atoms with Crippen molar-refractivity contribution in [3.8, 4) is 0 Å². The smallest absolute Gasteiger partial charge is 0.0210 e. The fourth-order valence-corrected chi connectivity index (χ4v) is 2.56. The summed E-state index contributed by atoms with van der Waals surface area (Å²) in [7, 11) is 0. The van der Waals surface area contributed by atoms with Crippen molar-refractivity contribution in [3.63, 3.8) is 0 Å². The molecule has 0 fully saturated rings. The van der Waals surface area contributed by atoms with Gasteiger partial charge in [0.2, 0.25) is 0 Å². The fourth-order valence-electron chi connectivity index (χ4n) is 2.21. The largest absolute Gasteiger partial charge is 0.412 e.